The van der Waals surface area contributed by atoms with Gasteiger partial charge < -0.3 is 9.47 Å². The molecule has 1 saturated carbocycles. The summed E-state index contributed by atoms with van der Waals surface area (Å²) in [6.07, 6.45) is -0.797. The number of carbonyl (C=O) groups is 1. The lowest BCUT2D eigenvalue weighted by Gasteiger charge is -2.14. The van der Waals surface area contributed by atoms with Crippen LogP contribution in [-0.4, -0.2) is 9.76 Å². The lowest BCUT2D eigenvalue weighted by molar-refractivity contribution is -0.149. The minimum atomic E-state index is -1.44. The molecule has 0 heterocycles. The van der Waals surface area contributed by atoms with Gasteiger partial charge in [0.25, 0.3) is 0 Å². The number of esters is 1. The van der Waals surface area contributed by atoms with Gasteiger partial charge in [-0.15, -0.1) is 0 Å². The SMILES string of the molecule is CC1(C)[C@H](CC(Cl)(Cl)Cl)[C@@H]1C(=O)OC(C#N)c1cccc(Oc2ccccc2)c1. The maximum Gasteiger partial charge on any atom is 0.311 e. The summed E-state index contributed by atoms with van der Waals surface area (Å²) < 4.78 is 9.86. The van der Waals surface area contributed by atoms with Crippen molar-refractivity contribution < 1.29 is 14.3 Å². The van der Waals surface area contributed by atoms with Crippen LogP contribution in [0, 0.1) is 28.6 Å². The van der Waals surface area contributed by atoms with E-state index in [9.17, 15) is 10.1 Å². The number of nitriles is 1. The van der Waals surface area contributed by atoms with Crippen LogP contribution in [0.3, 0.4) is 0 Å². The van der Waals surface area contributed by atoms with E-state index in [1.165, 1.54) is 0 Å². The van der Waals surface area contributed by atoms with Crippen LogP contribution in [0.25, 0.3) is 0 Å². The predicted octanol–water partition coefficient (Wildman–Crippen LogP) is 6.62. The quantitative estimate of drug-likeness (QED) is 0.365. The van der Waals surface area contributed by atoms with E-state index >= 15 is 0 Å². The van der Waals surface area contributed by atoms with Crippen LogP contribution in [0.5, 0.6) is 11.5 Å². The number of carbonyl (C=O) groups excluding carboxylic acids is 1. The van der Waals surface area contributed by atoms with Gasteiger partial charge in [0, 0.05) is 5.56 Å². The summed E-state index contributed by atoms with van der Waals surface area (Å²) in [5.41, 5.74) is 0.185. The minimum Gasteiger partial charge on any atom is -0.457 e. The lowest BCUT2D eigenvalue weighted by Crippen LogP contribution is -2.15. The first-order valence-electron chi connectivity index (χ1n) is 9.11. The smallest absolute Gasteiger partial charge is 0.311 e. The maximum absolute atomic E-state index is 12.7. The van der Waals surface area contributed by atoms with Gasteiger partial charge >= 0.3 is 5.97 Å². The van der Waals surface area contributed by atoms with Crippen molar-refractivity contribution in [2.24, 2.45) is 17.3 Å². The van der Waals surface area contributed by atoms with Gasteiger partial charge in [-0.3, -0.25) is 4.79 Å². The van der Waals surface area contributed by atoms with Crippen LogP contribution >= 0.6 is 34.8 Å². The standard InChI is InChI=1S/C22H20Cl3NO3/c1-21(2)17(12-22(23,24)25)19(21)20(27)29-18(13-26)14-7-6-10-16(11-14)28-15-8-4-3-5-9-15/h3-11,17-19H,12H2,1-2H3/t17-,18?,19-/m1/s1. The minimum absolute atomic E-state index is 0.116. The largest absolute Gasteiger partial charge is 0.457 e. The van der Waals surface area contributed by atoms with Gasteiger partial charge in [0.2, 0.25) is 6.10 Å². The van der Waals surface area contributed by atoms with Crippen molar-refractivity contribution in [1.82, 2.24) is 0 Å². The summed E-state index contributed by atoms with van der Waals surface area (Å²) in [7, 11) is 0. The molecule has 1 aliphatic carbocycles. The Bertz CT molecular complexity index is 919. The Kier molecular flexibility index (Phi) is 6.33. The molecule has 3 atom stereocenters. The van der Waals surface area contributed by atoms with E-state index in [2.05, 4.69) is 0 Å². The van der Waals surface area contributed by atoms with Crippen molar-refractivity contribution in [1.29, 1.82) is 5.26 Å². The number of para-hydroxylation sites is 1. The van der Waals surface area contributed by atoms with Gasteiger partial charge in [0.15, 0.2) is 3.79 Å². The van der Waals surface area contributed by atoms with Crippen molar-refractivity contribution in [2.45, 2.75) is 30.2 Å². The van der Waals surface area contributed by atoms with Crippen LogP contribution in [-0.2, 0) is 9.53 Å². The molecule has 1 fully saturated rings. The number of halogens is 3. The molecule has 0 aromatic heterocycles. The zero-order valence-electron chi connectivity index (χ0n) is 15.9. The molecule has 1 aliphatic rings. The number of hydrogen-bond donors (Lipinski definition) is 0. The number of nitrogens with zero attached hydrogens (tertiary/aromatic N) is 1. The second kappa shape index (κ2) is 8.44. The molecule has 3 rings (SSSR count). The highest BCUT2D eigenvalue weighted by Gasteiger charge is 2.64. The topological polar surface area (TPSA) is 59.3 Å². The van der Waals surface area contributed by atoms with E-state index in [-0.39, 0.29) is 17.8 Å². The zero-order valence-corrected chi connectivity index (χ0v) is 18.2. The summed E-state index contributed by atoms with van der Waals surface area (Å²) in [6.45, 7) is 3.85. The third-order valence-electron chi connectivity index (χ3n) is 5.25. The third kappa shape index (κ3) is 5.36. The van der Waals surface area contributed by atoms with Gasteiger partial charge in [-0.25, -0.2) is 0 Å². The Morgan fingerprint density at radius 2 is 1.79 bits per heavy atom. The molecule has 0 amide bonds. The molecule has 0 bridgehead atoms. The summed E-state index contributed by atoms with van der Waals surface area (Å²) in [5.74, 6) is 0.220. The second-order valence-corrected chi connectivity index (χ2v) is 10.2. The second-order valence-electron chi connectivity index (χ2n) is 7.66. The van der Waals surface area contributed by atoms with Crippen LogP contribution in [0.4, 0.5) is 0 Å². The highest BCUT2D eigenvalue weighted by atomic mass is 35.6. The van der Waals surface area contributed by atoms with E-state index in [4.69, 9.17) is 44.3 Å². The highest BCUT2D eigenvalue weighted by molar-refractivity contribution is 6.67. The molecule has 0 N–H and O–H groups in total. The van der Waals surface area contributed by atoms with Crippen molar-refractivity contribution >= 4 is 40.8 Å². The number of hydrogen-bond acceptors (Lipinski definition) is 4. The van der Waals surface area contributed by atoms with Gasteiger partial charge in [0.1, 0.15) is 17.6 Å². The van der Waals surface area contributed by atoms with Gasteiger partial charge in [0.05, 0.1) is 5.92 Å². The monoisotopic (exact) mass is 451 g/mol. The molecule has 1 unspecified atom stereocenters. The molecule has 2 aromatic rings. The van der Waals surface area contributed by atoms with Crippen LogP contribution in [0.15, 0.2) is 54.6 Å². The molecule has 2 aromatic carbocycles. The molecular weight excluding hydrogens is 433 g/mol. The van der Waals surface area contributed by atoms with E-state index < -0.39 is 21.8 Å². The number of benzene rings is 2. The fourth-order valence-corrected chi connectivity index (χ4v) is 4.07. The fraction of sp³-hybridized carbons (Fsp3) is 0.364. The normalized spacial score (nSPS) is 21.0. The zero-order chi connectivity index (χ0) is 21.2. The Hall–Kier alpha value is -1.93. The first-order chi connectivity index (χ1) is 13.6. The molecule has 29 heavy (non-hydrogen) atoms. The van der Waals surface area contributed by atoms with Gasteiger partial charge in [-0.1, -0.05) is 79.0 Å². The van der Waals surface area contributed by atoms with Crippen molar-refractivity contribution in [3.63, 3.8) is 0 Å². The van der Waals surface area contributed by atoms with Crippen LogP contribution in [0.1, 0.15) is 31.9 Å². The molecular formula is C22H20Cl3NO3. The maximum atomic E-state index is 12.7. The van der Waals surface area contributed by atoms with Crippen molar-refractivity contribution in [3.05, 3.63) is 60.2 Å². The molecule has 152 valence electrons. The van der Waals surface area contributed by atoms with Gasteiger partial charge in [-0.2, -0.15) is 5.26 Å². The van der Waals surface area contributed by atoms with E-state index in [1.807, 2.05) is 50.2 Å². The highest BCUT2D eigenvalue weighted by Crippen LogP contribution is 2.63. The Balaban J connectivity index is 1.70. The van der Waals surface area contributed by atoms with Gasteiger partial charge in [-0.05, 0) is 42.0 Å². The average Bonchev–Trinajstić information content (AvgIpc) is 3.18. The van der Waals surface area contributed by atoms with Crippen molar-refractivity contribution in [2.75, 3.05) is 0 Å². The molecule has 0 aliphatic heterocycles. The summed E-state index contributed by atoms with van der Waals surface area (Å²) in [4.78, 5) is 12.7. The molecule has 4 nitrogen and oxygen atoms in total. The lowest BCUT2D eigenvalue weighted by atomic mass is 10.1. The third-order valence-corrected chi connectivity index (χ3v) is 5.71. The number of alkyl halides is 3. The Morgan fingerprint density at radius 3 is 2.41 bits per heavy atom. The molecule has 7 heteroatoms. The number of rotatable bonds is 6. The average molecular weight is 453 g/mol. The predicted molar refractivity (Wildman–Crippen MR) is 113 cm³/mol. The number of ether oxygens (including phenoxy) is 2. The van der Waals surface area contributed by atoms with E-state index in [0.29, 0.717) is 17.1 Å². The van der Waals surface area contributed by atoms with Crippen LogP contribution in [0.2, 0.25) is 0 Å². The van der Waals surface area contributed by atoms with Crippen LogP contribution < -0.4 is 4.74 Å². The first kappa shape index (κ1) is 21.8. The summed E-state index contributed by atoms with van der Waals surface area (Å²) >= 11 is 17.7. The molecule has 0 saturated heterocycles. The van der Waals surface area contributed by atoms with E-state index in [1.54, 1.807) is 24.3 Å². The fourth-order valence-electron chi connectivity index (χ4n) is 3.57. The van der Waals surface area contributed by atoms with Crippen molar-refractivity contribution in [3.8, 4) is 17.6 Å². The molecule has 0 radical (unpaired) electrons. The Labute approximate surface area is 185 Å². The Morgan fingerprint density at radius 1 is 1.14 bits per heavy atom. The van der Waals surface area contributed by atoms with E-state index in [0.717, 1.165) is 0 Å². The summed E-state index contributed by atoms with van der Waals surface area (Å²) in [6, 6.07) is 18.2. The molecule has 0 spiro atoms. The first-order valence-corrected chi connectivity index (χ1v) is 10.2. The summed E-state index contributed by atoms with van der Waals surface area (Å²) in [5, 5.41) is 9.56.